The predicted octanol–water partition coefficient (Wildman–Crippen LogP) is 5.80. The van der Waals surface area contributed by atoms with Gasteiger partial charge in [0.05, 0.1) is 12.8 Å². The van der Waals surface area contributed by atoms with E-state index in [0.717, 1.165) is 22.5 Å². The van der Waals surface area contributed by atoms with Crippen LogP contribution in [0.2, 0.25) is 5.02 Å². The first kappa shape index (κ1) is 17.4. The molecule has 4 nitrogen and oxygen atoms in total. The van der Waals surface area contributed by atoms with Crippen LogP contribution in [-0.4, -0.2) is 16.5 Å². The molecule has 5 heteroatoms. The van der Waals surface area contributed by atoms with Gasteiger partial charge in [-0.05, 0) is 55.0 Å². The van der Waals surface area contributed by atoms with Crippen LogP contribution in [0.1, 0.15) is 18.6 Å². The number of rotatable bonds is 5. The number of halogens is 1. The molecule has 2 aromatic heterocycles. The van der Waals surface area contributed by atoms with Crippen LogP contribution >= 0.6 is 11.6 Å². The number of nitrogens with zero attached hydrogens (tertiary/aromatic N) is 2. The van der Waals surface area contributed by atoms with Crippen LogP contribution in [0.4, 0.5) is 0 Å². The first-order chi connectivity index (χ1) is 13.1. The van der Waals surface area contributed by atoms with Gasteiger partial charge in [-0.15, -0.1) is 0 Å². The lowest BCUT2D eigenvalue weighted by atomic mass is 10.1. The molecule has 0 radical (unpaired) electrons. The number of benzene rings is 2. The van der Waals surface area contributed by atoms with Gasteiger partial charge in [-0.25, -0.2) is 4.98 Å². The SMILES string of the molecule is COc1cc(-c2cn3ccccc3n2)ccc1OC(C)c1ccc(Cl)cc1. The number of hydrogen-bond acceptors (Lipinski definition) is 3. The highest BCUT2D eigenvalue weighted by molar-refractivity contribution is 6.30. The molecule has 1 atom stereocenters. The normalized spacial score (nSPS) is 12.1. The lowest BCUT2D eigenvalue weighted by Gasteiger charge is -2.18. The molecule has 0 amide bonds. The molecule has 0 aliphatic carbocycles. The second kappa shape index (κ2) is 7.33. The second-order valence-electron chi connectivity index (χ2n) is 6.27. The van der Waals surface area contributed by atoms with Crippen molar-refractivity contribution in [2.24, 2.45) is 0 Å². The van der Waals surface area contributed by atoms with E-state index in [0.29, 0.717) is 16.5 Å². The third-order valence-corrected chi connectivity index (χ3v) is 4.72. The Morgan fingerprint density at radius 2 is 1.81 bits per heavy atom. The molecule has 0 bridgehead atoms. The number of imidazole rings is 1. The lowest BCUT2D eigenvalue weighted by Crippen LogP contribution is -2.04. The van der Waals surface area contributed by atoms with Gasteiger partial charge in [0, 0.05) is 23.0 Å². The number of pyridine rings is 1. The van der Waals surface area contributed by atoms with E-state index in [2.05, 4.69) is 4.98 Å². The van der Waals surface area contributed by atoms with Crippen molar-refractivity contribution < 1.29 is 9.47 Å². The van der Waals surface area contributed by atoms with Crippen molar-refractivity contribution in [2.75, 3.05) is 7.11 Å². The zero-order chi connectivity index (χ0) is 18.8. The molecule has 0 fully saturated rings. The van der Waals surface area contributed by atoms with E-state index < -0.39 is 0 Å². The smallest absolute Gasteiger partial charge is 0.162 e. The molecular formula is C22H19ClN2O2. The Bertz CT molecular complexity index is 1040. The van der Waals surface area contributed by atoms with Crippen molar-refractivity contribution in [3.63, 3.8) is 0 Å². The van der Waals surface area contributed by atoms with Crippen molar-refractivity contribution in [3.05, 3.63) is 83.6 Å². The van der Waals surface area contributed by atoms with Gasteiger partial charge in [0.1, 0.15) is 11.8 Å². The zero-order valence-electron chi connectivity index (χ0n) is 15.1. The summed E-state index contributed by atoms with van der Waals surface area (Å²) >= 11 is 5.96. The Kier molecular flexibility index (Phi) is 4.73. The van der Waals surface area contributed by atoms with E-state index in [4.69, 9.17) is 21.1 Å². The summed E-state index contributed by atoms with van der Waals surface area (Å²) in [5.41, 5.74) is 3.81. The minimum Gasteiger partial charge on any atom is -0.493 e. The Balaban J connectivity index is 1.62. The van der Waals surface area contributed by atoms with Crippen molar-refractivity contribution in [3.8, 4) is 22.8 Å². The van der Waals surface area contributed by atoms with Gasteiger partial charge < -0.3 is 13.9 Å². The topological polar surface area (TPSA) is 35.8 Å². The Morgan fingerprint density at radius 3 is 2.56 bits per heavy atom. The molecule has 0 N–H and O–H groups in total. The largest absolute Gasteiger partial charge is 0.493 e. The maximum atomic E-state index is 6.12. The van der Waals surface area contributed by atoms with Crippen LogP contribution in [0.5, 0.6) is 11.5 Å². The van der Waals surface area contributed by atoms with Crippen LogP contribution < -0.4 is 9.47 Å². The highest BCUT2D eigenvalue weighted by Gasteiger charge is 2.13. The predicted molar refractivity (Wildman–Crippen MR) is 108 cm³/mol. The first-order valence-electron chi connectivity index (χ1n) is 8.68. The third-order valence-electron chi connectivity index (χ3n) is 4.47. The van der Waals surface area contributed by atoms with E-state index in [9.17, 15) is 0 Å². The molecular weight excluding hydrogens is 360 g/mol. The fourth-order valence-electron chi connectivity index (χ4n) is 2.99. The molecule has 0 saturated carbocycles. The molecule has 2 heterocycles. The summed E-state index contributed by atoms with van der Waals surface area (Å²) < 4.78 is 13.7. The Morgan fingerprint density at radius 1 is 1.00 bits per heavy atom. The van der Waals surface area contributed by atoms with Crippen LogP contribution in [0.15, 0.2) is 73.1 Å². The van der Waals surface area contributed by atoms with E-state index >= 15 is 0 Å². The first-order valence-corrected chi connectivity index (χ1v) is 9.06. The van der Waals surface area contributed by atoms with Crippen molar-refractivity contribution in [1.29, 1.82) is 0 Å². The standard InChI is InChI=1S/C22H19ClN2O2/c1-15(16-6-9-18(23)10-7-16)27-20-11-8-17(13-21(20)26-2)19-14-25-12-4-3-5-22(25)24-19/h3-15H,1-2H3. The second-order valence-corrected chi connectivity index (χ2v) is 6.71. The molecule has 0 aliphatic rings. The van der Waals surface area contributed by atoms with Gasteiger partial charge in [-0.3, -0.25) is 0 Å². The molecule has 0 saturated heterocycles. The van der Waals surface area contributed by atoms with Crippen LogP contribution in [0.25, 0.3) is 16.9 Å². The molecule has 136 valence electrons. The van der Waals surface area contributed by atoms with Crippen molar-refractivity contribution >= 4 is 17.2 Å². The van der Waals surface area contributed by atoms with Gasteiger partial charge in [0.15, 0.2) is 11.5 Å². The van der Waals surface area contributed by atoms with E-state index in [1.807, 2.05) is 84.4 Å². The van der Waals surface area contributed by atoms with Gasteiger partial charge in [0.25, 0.3) is 0 Å². The summed E-state index contributed by atoms with van der Waals surface area (Å²) in [6, 6.07) is 19.4. The highest BCUT2D eigenvalue weighted by atomic mass is 35.5. The minimum atomic E-state index is -0.128. The molecule has 0 aliphatic heterocycles. The number of fused-ring (bicyclic) bond motifs is 1. The number of ether oxygens (including phenoxy) is 2. The van der Waals surface area contributed by atoms with Crippen LogP contribution in [0.3, 0.4) is 0 Å². The fraction of sp³-hybridized carbons (Fsp3) is 0.136. The summed E-state index contributed by atoms with van der Waals surface area (Å²) in [4.78, 5) is 4.66. The summed E-state index contributed by atoms with van der Waals surface area (Å²) in [5, 5.41) is 0.709. The average molecular weight is 379 g/mol. The fourth-order valence-corrected chi connectivity index (χ4v) is 3.12. The van der Waals surface area contributed by atoms with Gasteiger partial charge in [-0.1, -0.05) is 29.8 Å². The monoisotopic (exact) mass is 378 g/mol. The van der Waals surface area contributed by atoms with Gasteiger partial charge in [0.2, 0.25) is 0 Å². The van der Waals surface area contributed by atoms with Gasteiger partial charge in [-0.2, -0.15) is 0 Å². The van der Waals surface area contributed by atoms with Crippen molar-refractivity contribution in [1.82, 2.24) is 9.38 Å². The van der Waals surface area contributed by atoms with E-state index in [1.165, 1.54) is 0 Å². The summed E-state index contributed by atoms with van der Waals surface area (Å²) in [6.07, 6.45) is 3.85. The number of aromatic nitrogens is 2. The molecule has 4 rings (SSSR count). The number of hydrogen-bond donors (Lipinski definition) is 0. The third kappa shape index (κ3) is 3.62. The van der Waals surface area contributed by atoms with Crippen molar-refractivity contribution in [2.45, 2.75) is 13.0 Å². The average Bonchev–Trinajstić information content (AvgIpc) is 3.13. The van der Waals surface area contributed by atoms with Gasteiger partial charge >= 0.3 is 0 Å². The minimum absolute atomic E-state index is 0.128. The lowest BCUT2D eigenvalue weighted by molar-refractivity contribution is 0.216. The van der Waals surface area contributed by atoms with E-state index in [1.54, 1.807) is 7.11 Å². The maximum Gasteiger partial charge on any atom is 0.162 e. The molecule has 27 heavy (non-hydrogen) atoms. The molecule has 0 spiro atoms. The molecule has 1 unspecified atom stereocenters. The summed E-state index contributed by atoms with van der Waals surface area (Å²) in [6.45, 7) is 2.00. The summed E-state index contributed by atoms with van der Waals surface area (Å²) in [5.74, 6) is 1.36. The maximum absolute atomic E-state index is 6.12. The highest BCUT2D eigenvalue weighted by Crippen LogP contribution is 2.35. The van der Waals surface area contributed by atoms with Crippen LogP contribution in [0, 0.1) is 0 Å². The Labute approximate surface area is 163 Å². The summed E-state index contributed by atoms with van der Waals surface area (Å²) in [7, 11) is 1.64. The Hall–Kier alpha value is -2.98. The molecule has 4 aromatic rings. The molecule has 2 aromatic carbocycles. The zero-order valence-corrected chi connectivity index (χ0v) is 15.9. The number of methoxy groups -OCH3 is 1. The quantitative estimate of drug-likeness (QED) is 0.440. The van der Waals surface area contributed by atoms with E-state index in [-0.39, 0.29) is 6.10 Å². The van der Waals surface area contributed by atoms with Crippen LogP contribution in [-0.2, 0) is 0 Å².